The molecule has 0 atom stereocenters. The second kappa shape index (κ2) is 8.85. The van der Waals surface area contributed by atoms with Crippen molar-refractivity contribution in [2.45, 2.75) is 12.8 Å². The van der Waals surface area contributed by atoms with Crippen LogP contribution < -0.4 is 0 Å². The van der Waals surface area contributed by atoms with Gasteiger partial charge in [0.25, 0.3) is 0 Å². The maximum atomic E-state index is 2.25. The molecule has 0 fully saturated rings. The Labute approximate surface area is 87.7 Å². The fourth-order valence-corrected chi connectivity index (χ4v) is 1.94. The molecule has 13 heavy (non-hydrogen) atoms. The van der Waals surface area contributed by atoms with E-state index in [4.69, 9.17) is 0 Å². The Hall–Kier alpha value is 0.270. The van der Waals surface area contributed by atoms with E-state index < -0.39 is 0 Å². The fraction of sp³-hybridized carbons (Fsp3) is 1.00. The van der Waals surface area contributed by atoms with Crippen molar-refractivity contribution in [2.75, 3.05) is 52.8 Å². The van der Waals surface area contributed by atoms with Crippen molar-refractivity contribution in [1.29, 1.82) is 0 Å². The van der Waals surface area contributed by atoms with Gasteiger partial charge in [0.2, 0.25) is 0 Å². The molecule has 0 saturated heterocycles. The zero-order valence-electron chi connectivity index (χ0n) is 9.55. The Morgan fingerprint density at radius 3 is 1.46 bits per heavy atom. The van der Waals surface area contributed by atoms with Crippen LogP contribution in [-0.4, -0.2) is 62.6 Å². The molecule has 0 aromatic rings. The van der Waals surface area contributed by atoms with Crippen LogP contribution in [0, 0.1) is 0 Å². The second-order valence-electron chi connectivity index (χ2n) is 3.93. The van der Waals surface area contributed by atoms with Gasteiger partial charge in [0.15, 0.2) is 0 Å². The molecule has 0 aliphatic heterocycles. The first-order chi connectivity index (χ1) is 6.13. The molecule has 0 spiro atoms. The van der Waals surface area contributed by atoms with E-state index >= 15 is 0 Å². The van der Waals surface area contributed by atoms with E-state index in [1.807, 2.05) is 0 Å². The Kier molecular flexibility index (Phi) is 9.03. The summed E-state index contributed by atoms with van der Waals surface area (Å²) >= 11 is 2.08. The van der Waals surface area contributed by atoms with Crippen LogP contribution >= 0.6 is 11.8 Å². The maximum absolute atomic E-state index is 2.25. The van der Waals surface area contributed by atoms with Gasteiger partial charge < -0.3 is 9.80 Å². The fourth-order valence-electron chi connectivity index (χ4n) is 1.07. The number of hydrogen-bond acceptors (Lipinski definition) is 3. The van der Waals surface area contributed by atoms with Crippen LogP contribution in [0.4, 0.5) is 0 Å². The van der Waals surface area contributed by atoms with Crippen LogP contribution in [0.5, 0.6) is 0 Å². The molecule has 0 N–H and O–H groups in total. The zero-order valence-corrected chi connectivity index (χ0v) is 10.4. The lowest BCUT2D eigenvalue weighted by atomic mass is 10.4. The smallest absolute Gasteiger partial charge is 0.00170 e. The molecule has 0 unspecified atom stereocenters. The Morgan fingerprint density at radius 2 is 1.15 bits per heavy atom. The lowest BCUT2D eigenvalue weighted by molar-refractivity contribution is 0.408. The van der Waals surface area contributed by atoms with Gasteiger partial charge >= 0.3 is 0 Å². The van der Waals surface area contributed by atoms with Crippen molar-refractivity contribution in [2.24, 2.45) is 0 Å². The zero-order chi connectivity index (χ0) is 10.1. The molecule has 0 rings (SSSR count). The highest BCUT2D eigenvalue weighted by molar-refractivity contribution is 7.99. The lowest BCUT2D eigenvalue weighted by Crippen LogP contribution is -2.14. The molecule has 0 aliphatic rings. The minimum atomic E-state index is 1.22. The van der Waals surface area contributed by atoms with Crippen molar-refractivity contribution in [1.82, 2.24) is 9.80 Å². The highest BCUT2D eigenvalue weighted by Gasteiger charge is 1.93. The molecule has 2 nitrogen and oxygen atoms in total. The van der Waals surface area contributed by atoms with E-state index in [-0.39, 0.29) is 0 Å². The first kappa shape index (κ1) is 13.3. The van der Waals surface area contributed by atoms with E-state index in [1.54, 1.807) is 0 Å². The summed E-state index contributed by atoms with van der Waals surface area (Å²) in [6.45, 7) is 2.45. The molecule has 0 aromatic heterocycles. The third-order valence-corrected chi connectivity index (χ3v) is 2.94. The van der Waals surface area contributed by atoms with Crippen LogP contribution in [0.2, 0.25) is 0 Å². The van der Waals surface area contributed by atoms with Gasteiger partial charge in [0, 0.05) is 0 Å². The Balaban J connectivity index is 2.92. The van der Waals surface area contributed by atoms with Gasteiger partial charge in [-0.05, 0) is 65.6 Å². The van der Waals surface area contributed by atoms with Gasteiger partial charge in [-0.1, -0.05) is 0 Å². The molecule has 3 heteroatoms. The summed E-state index contributed by atoms with van der Waals surface area (Å²) in [6, 6.07) is 0. The standard InChI is InChI=1S/C10H24N2S/c1-11(2)7-5-9-13-10-6-8-12(3)4/h5-10H2,1-4H3. The van der Waals surface area contributed by atoms with Crippen LogP contribution in [0.25, 0.3) is 0 Å². The summed E-state index contributed by atoms with van der Waals surface area (Å²) in [4.78, 5) is 4.50. The number of hydrogen-bond donors (Lipinski definition) is 0. The van der Waals surface area contributed by atoms with Crippen molar-refractivity contribution < 1.29 is 0 Å². The monoisotopic (exact) mass is 204 g/mol. The second-order valence-corrected chi connectivity index (χ2v) is 5.15. The van der Waals surface area contributed by atoms with Crippen LogP contribution in [0.1, 0.15) is 12.8 Å². The third kappa shape index (κ3) is 12.3. The van der Waals surface area contributed by atoms with Gasteiger partial charge in [-0.2, -0.15) is 11.8 Å². The minimum absolute atomic E-state index is 1.22. The predicted molar refractivity (Wildman–Crippen MR) is 63.7 cm³/mol. The molecule has 80 valence electrons. The summed E-state index contributed by atoms with van der Waals surface area (Å²) in [6.07, 6.45) is 2.64. The van der Waals surface area contributed by atoms with Crippen molar-refractivity contribution in [3.05, 3.63) is 0 Å². The van der Waals surface area contributed by atoms with Gasteiger partial charge in [-0.25, -0.2) is 0 Å². The molecule has 0 aliphatic carbocycles. The number of thioether (sulfide) groups is 1. The van der Waals surface area contributed by atoms with Gasteiger partial charge in [-0.3, -0.25) is 0 Å². The summed E-state index contributed by atoms with van der Waals surface area (Å²) in [7, 11) is 8.54. The normalized spacial score (nSPS) is 11.5. The van der Waals surface area contributed by atoms with Crippen molar-refractivity contribution in [3.8, 4) is 0 Å². The van der Waals surface area contributed by atoms with E-state index in [0.29, 0.717) is 0 Å². The summed E-state index contributed by atoms with van der Waals surface area (Å²) in [5, 5.41) is 0. The number of nitrogens with zero attached hydrogens (tertiary/aromatic N) is 2. The molecule has 0 amide bonds. The summed E-state index contributed by atoms with van der Waals surface area (Å²) in [5.74, 6) is 2.62. The first-order valence-electron chi connectivity index (χ1n) is 5.00. The van der Waals surface area contributed by atoms with Crippen LogP contribution in [-0.2, 0) is 0 Å². The summed E-state index contributed by atoms with van der Waals surface area (Å²) < 4.78 is 0. The van der Waals surface area contributed by atoms with E-state index in [0.717, 1.165) is 0 Å². The third-order valence-electron chi connectivity index (χ3n) is 1.79. The predicted octanol–water partition coefficient (Wildman–Crippen LogP) is 1.62. The van der Waals surface area contributed by atoms with Crippen LogP contribution in [0.15, 0.2) is 0 Å². The van der Waals surface area contributed by atoms with Gasteiger partial charge in [-0.15, -0.1) is 0 Å². The summed E-state index contributed by atoms with van der Waals surface area (Å²) in [5.41, 5.74) is 0. The Bertz CT molecular complexity index is 93.1. The average Bonchev–Trinajstić information content (AvgIpc) is 2.01. The SMILES string of the molecule is CN(C)CCCSCCCN(C)C. The molecule has 0 saturated carbocycles. The highest BCUT2D eigenvalue weighted by atomic mass is 32.2. The first-order valence-corrected chi connectivity index (χ1v) is 6.15. The molecule has 0 radical (unpaired) electrons. The minimum Gasteiger partial charge on any atom is -0.309 e. The largest absolute Gasteiger partial charge is 0.309 e. The highest BCUT2D eigenvalue weighted by Crippen LogP contribution is 2.04. The Morgan fingerprint density at radius 1 is 0.769 bits per heavy atom. The topological polar surface area (TPSA) is 6.48 Å². The number of rotatable bonds is 8. The van der Waals surface area contributed by atoms with Crippen LogP contribution in [0.3, 0.4) is 0 Å². The molecular formula is C10H24N2S. The maximum Gasteiger partial charge on any atom is -0.00170 e. The van der Waals surface area contributed by atoms with Crippen molar-refractivity contribution in [3.63, 3.8) is 0 Å². The van der Waals surface area contributed by atoms with E-state index in [1.165, 1.54) is 37.4 Å². The molecule has 0 bridgehead atoms. The average molecular weight is 204 g/mol. The molecule has 0 aromatic carbocycles. The quantitative estimate of drug-likeness (QED) is 0.555. The lowest BCUT2D eigenvalue weighted by Gasteiger charge is -2.10. The van der Waals surface area contributed by atoms with E-state index in [2.05, 4.69) is 49.8 Å². The van der Waals surface area contributed by atoms with Crippen molar-refractivity contribution >= 4 is 11.8 Å². The van der Waals surface area contributed by atoms with Gasteiger partial charge in [0.1, 0.15) is 0 Å². The van der Waals surface area contributed by atoms with Gasteiger partial charge in [0.05, 0.1) is 0 Å². The molecular weight excluding hydrogens is 180 g/mol. The van der Waals surface area contributed by atoms with E-state index in [9.17, 15) is 0 Å². The molecule has 0 heterocycles.